The van der Waals surface area contributed by atoms with Crippen LogP contribution in [0.25, 0.3) is 10.9 Å². The summed E-state index contributed by atoms with van der Waals surface area (Å²) in [5, 5.41) is 15.6. The topological polar surface area (TPSA) is 73.0 Å². The highest BCUT2D eigenvalue weighted by Crippen LogP contribution is 2.39. The molecule has 0 saturated carbocycles. The van der Waals surface area contributed by atoms with Crippen molar-refractivity contribution < 1.29 is 4.92 Å². The number of hydrogen-bond acceptors (Lipinski definition) is 5. The molecular formula is C21H19ClN4O2S. The highest BCUT2D eigenvalue weighted by Gasteiger charge is 2.17. The first-order chi connectivity index (χ1) is 13.7. The van der Waals surface area contributed by atoms with Gasteiger partial charge >= 0.3 is 0 Å². The molecule has 0 aliphatic rings. The summed E-state index contributed by atoms with van der Waals surface area (Å²) >= 11 is 1.41. The smallest absolute Gasteiger partial charge is 0.283 e. The van der Waals surface area contributed by atoms with Crippen molar-refractivity contribution in [3.8, 4) is 0 Å². The van der Waals surface area contributed by atoms with Crippen LogP contribution in [0.2, 0.25) is 0 Å². The molecule has 4 aromatic rings. The van der Waals surface area contributed by atoms with E-state index in [0.717, 1.165) is 27.2 Å². The molecule has 148 valence electrons. The number of nitro groups is 1. The summed E-state index contributed by atoms with van der Waals surface area (Å²) in [7, 11) is 1.89. The van der Waals surface area contributed by atoms with Crippen LogP contribution in [0.4, 0.5) is 11.4 Å². The van der Waals surface area contributed by atoms with Gasteiger partial charge in [0.05, 0.1) is 27.6 Å². The summed E-state index contributed by atoms with van der Waals surface area (Å²) in [6, 6.07) is 18.8. The molecule has 0 aliphatic heterocycles. The lowest BCUT2D eigenvalue weighted by Crippen LogP contribution is -2.00. The van der Waals surface area contributed by atoms with E-state index in [1.807, 2.05) is 49.6 Å². The summed E-state index contributed by atoms with van der Waals surface area (Å²) < 4.78 is 2.13. The number of rotatable bonds is 6. The van der Waals surface area contributed by atoms with E-state index in [9.17, 15) is 10.1 Å². The van der Waals surface area contributed by atoms with E-state index in [4.69, 9.17) is 0 Å². The molecule has 0 amide bonds. The summed E-state index contributed by atoms with van der Waals surface area (Å²) in [6.45, 7) is 0.627. The van der Waals surface area contributed by atoms with Crippen molar-refractivity contribution in [2.45, 2.75) is 16.3 Å². The zero-order valence-corrected chi connectivity index (χ0v) is 17.2. The number of nitrogens with one attached hydrogen (secondary N) is 1. The molecule has 0 saturated heterocycles. The fraction of sp³-hybridized carbons (Fsp3) is 0.0952. The van der Waals surface area contributed by atoms with Crippen LogP contribution in [0.5, 0.6) is 0 Å². The maximum Gasteiger partial charge on any atom is 0.283 e. The first-order valence-electron chi connectivity index (χ1n) is 8.77. The average molecular weight is 427 g/mol. The lowest BCUT2D eigenvalue weighted by atomic mass is 10.2. The van der Waals surface area contributed by atoms with E-state index in [1.54, 1.807) is 18.3 Å². The number of benzene rings is 2. The maximum absolute atomic E-state index is 11.4. The van der Waals surface area contributed by atoms with Gasteiger partial charge in [-0.15, -0.1) is 12.4 Å². The number of anilines is 1. The van der Waals surface area contributed by atoms with Crippen LogP contribution in [-0.2, 0) is 6.54 Å². The van der Waals surface area contributed by atoms with Gasteiger partial charge in [0.1, 0.15) is 0 Å². The van der Waals surface area contributed by atoms with E-state index in [0.29, 0.717) is 11.4 Å². The van der Waals surface area contributed by atoms with Gasteiger partial charge in [-0.25, -0.2) is 0 Å². The molecule has 0 atom stereocenters. The minimum Gasteiger partial charge on any atom is -0.388 e. The van der Waals surface area contributed by atoms with Gasteiger partial charge in [0.2, 0.25) is 0 Å². The lowest BCUT2D eigenvalue weighted by molar-refractivity contribution is -0.387. The van der Waals surface area contributed by atoms with Crippen molar-refractivity contribution in [3.05, 3.63) is 88.9 Å². The van der Waals surface area contributed by atoms with Crippen LogP contribution < -0.4 is 5.32 Å². The van der Waals surface area contributed by atoms with Crippen LogP contribution in [0.1, 0.15) is 5.69 Å². The molecule has 0 unspecified atom stereocenters. The second-order valence-electron chi connectivity index (χ2n) is 6.25. The van der Waals surface area contributed by atoms with Gasteiger partial charge < -0.3 is 9.88 Å². The minimum atomic E-state index is -0.339. The predicted octanol–water partition coefficient (Wildman–Crippen LogP) is 5.61. The summed E-state index contributed by atoms with van der Waals surface area (Å²) in [5.74, 6) is 0. The first-order valence-corrected chi connectivity index (χ1v) is 9.59. The molecule has 1 N–H and O–H groups in total. The van der Waals surface area contributed by atoms with Crippen LogP contribution in [0.15, 0.2) is 82.8 Å². The molecule has 8 heteroatoms. The fourth-order valence-electron chi connectivity index (χ4n) is 3.10. The van der Waals surface area contributed by atoms with E-state index >= 15 is 0 Å². The van der Waals surface area contributed by atoms with Gasteiger partial charge in [-0.2, -0.15) is 0 Å². The van der Waals surface area contributed by atoms with Crippen molar-refractivity contribution in [1.29, 1.82) is 0 Å². The molecule has 0 radical (unpaired) electrons. The zero-order valence-electron chi connectivity index (χ0n) is 15.6. The number of aromatic nitrogens is 2. The normalized spacial score (nSPS) is 10.5. The van der Waals surface area contributed by atoms with E-state index in [2.05, 4.69) is 20.9 Å². The Morgan fingerprint density at radius 1 is 1.10 bits per heavy atom. The molecule has 4 rings (SSSR count). The Hall–Kier alpha value is -3.03. The molecule has 0 fully saturated rings. The van der Waals surface area contributed by atoms with E-state index in [-0.39, 0.29) is 23.0 Å². The van der Waals surface area contributed by atoms with Crippen LogP contribution in [-0.4, -0.2) is 21.5 Å². The van der Waals surface area contributed by atoms with E-state index < -0.39 is 0 Å². The molecule has 0 aliphatic carbocycles. The number of halogens is 1. The van der Waals surface area contributed by atoms with Gasteiger partial charge in [0, 0.05) is 41.5 Å². The monoisotopic (exact) mass is 426 g/mol. The largest absolute Gasteiger partial charge is 0.388 e. The van der Waals surface area contributed by atoms with Crippen molar-refractivity contribution in [2.24, 2.45) is 0 Å². The fourth-order valence-corrected chi connectivity index (χ4v) is 4.20. The summed E-state index contributed by atoms with van der Waals surface area (Å²) in [4.78, 5) is 17.1. The third-order valence-corrected chi connectivity index (χ3v) is 5.59. The van der Waals surface area contributed by atoms with Gasteiger partial charge in [0.25, 0.3) is 5.69 Å². The molecule has 2 heterocycles. The SMILES string of the molecule is CNc1ccc2c(Sc3ccccc3[N+](=O)[O-])cn(Cc3ccccn3)c2c1.Cl. The second kappa shape index (κ2) is 8.98. The third-order valence-electron chi connectivity index (χ3n) is 4.47. The van der Waals surface area contributed by atoms with Gasteiger partial charge in [-0.05, 0) is 36.4 Å². The number of fused-ring (bicyclic) bond motifs is 1. The molecule has 2 aromatic carbocycles. The minimum absolute atomic E-state index is 0. The molecule has 0 spiro atoms. The molecular weight excluding hydrogens is 408 g/mol. The van der Waals surface area contributed by atoms with Crippen molar-refractivity contribution in [3.63, 3.8) is 0 Å². The van der Waals surface area contributed by atoms with Crippen LogP contribution >= 0.6 is 24.2 Å². The number of nitro benzene ring substituents is 1. The third kappa shape index (κ3) is 4.36. The average Bonchev–Trinajstić information content (AvgIpc) is 3.05. The number of nitrogens with zero attached hydrogens (tertiary/aromatic N) is 3. The number of pyridine rings is 1. The Kier molecular flexibility index (Phi) is 6.41. The molecule has 2 aromatic heterocycles. The van der Waals surface area contributed by atoms with Crippen LogP contribution in [0, 0.1) is 10.1 Å². The van der Waals surface area contributed by atoms with Crippen molar-refractivity contribution >= 4 is 46.4 Å². The van der Waals surface area contributed by atoms with Crippen molar-refractivity contribution in [2.75, 3.05) is 12.4 Å². The van der Waals surface area contributed by atoms with Gasteiger partial charge in [-0.3, -0.25) is 15.1 Å². The molecule has 6 nitrogen and oxygen atoms in total. The Morgan fingerprint density at radius 2 is 1.90 bits per heavy atom. The standard InChI is InChI=1S/C21H18N4O2S.ClH/c1-22-15-9-10-17-19(12-15)24(13-16-6-4-5-11-23-16)14-21(17)28-20-8-3-2-7-18(20)25(26)27;/h2-12,14,22H,13H2,1H3;1H. The molecule has 29 heavy (non-hydrogen) atoms. The number of para-hydroxylation sites is 1. The Labute approximate surface area is 178 Å². The maximum atomic E-state index is 11.4. The summed E-state index contributed by atoms with van der Waals surface area (Å²) in [5.41, 5.74) is 3.13. The summed E-state index contributed by atoms with van der Waals surface area (Å²) in [6.07, 6.45) is 3.82. The predicted molar refractivity (Wildman–Crippen MR) is 119 cm³/mol. The van der Waals surface area contributed by atoms with E-state index in [1.165, 1.54) is 17.8 Å². The highest BCUT2D eigenvalue weighted by molar-refractivity contribution is 7.99. The quantitative estimate of drug-likeness (QED) is 0.320. The Balaban J connectivity index is 0.00000240. The first kappa shape index (κ1) is 20.7. The van der Waals surface area contributed by atoms with Crippen molar-refractivity contribution in [1.82, 2.24) is 9.55 Å². The highest BCUT2D eigenvalue weighted by atomic mass is 35.5. The second-order valence-corrected chi connectivity index (χ2v) is 7.33. The zero-order chi connectivity index (χ0) is 19.5. The Morgan fingerprint density at radius 3 is 2.62 bits per heavy atom. The van der Waals surface area contributed by atoms with Gasteiger partial charge in [-0.1, -0.05) is 30.0 Å². The Bertz CT molecular complexity index is 1150. The van der Waals surface area contributed by atoms with Crippen LogP contribution in [0.3, 0.4) is 0 Å². The number of hydrogen-bond donors (Lipinski definition) is 1. The molecule has 0 bridgehead atoms. The van der Waals surface area contributed by atoms with Gasteiger partial charge in [0.15, 0.2) is 0 Å². The lowest BCUT2D eigenvalue weighted by Gasteiger charge is -2.06.